The zero-order chi connectivity index (χ0) is 26.9. The van der Waals surface area contributed by atoms with Crippen LogP contribution in [0.3, 0.4) is 0 Å². The molecule has 2 heterocycles. The Hall–Kier alpha value is -4.75. The molecular weight excluding hydrogens is 506 g/mol. The van der Waals surface area contributed by atoms with E-state index in [0.717, 1.165) is 21.9 Å². The molecule has 6 rings (SSSR count). The van der Waals surface area contributed by atoms with E-state index in [0.29, 0.717) is 32.0 Å². The molecule has 1 N–H and O–H groups in total. The van der Waals surface area contributed by atoms with Crippen molar-refractivity contribution in [3.63, 3.8) is 0 Å². The first kappa shape index (κ1) is 24.6. The number of carbonyl (C=O) groups is 1. The lowest BCUT2D eigenvalue weighted by molar-refractivity contribution is -0.113. The van der Waals surface area contributed by atoms with Gasteiger partial charge in [0.25, 0.3) is 11.5 Å². The van der Waals surface area contributed by atoms with E-state index in [1.54, 1.807) is 11.7 Å². The second-order valence-electron chi connectivity index (χ2n) is 9.24. The molecule has 1 aliphatic heterocycles. The summed E-state index contributed by atoms with van der Waals surface area (Å²) in [5.41, 5.74) is 3.23. The van der Waals surface area contributed by atoms with E-state index in [1.807, 2.05) is 91.9 Å². The SMILES string of the molecule is COc1ccc([C@H]2C(C(=O)Nc3ccccc3)=C(C)N=c3s/c(=C/c4cccc5ccccc45)c(=O)n32)cc1. The molecule has 0 saturated carbocycles. The number of benzene rings is 4. The van der Waals surface area contributed by atoms with E-state index in [-0.39, 0.29) is 11.5 Å². The van der Waals surface area contributed by atoms with E-state index >= 15 is 0 Å². The molecule has 1 amide bonds. The molecule has 0 bridgehead atoms. The van der Waals surface area contributed by atoms with Crippen molar-refractivity contribution < 1.29 is 9.53 Å². The highest BCUT2D eigenvalue weighted by atomic mass is 32.1. The standard InChI is InChI=1S/C32H25N3O3S/c1-20-28(30(36)34-24-12-4-3-5-13-24)29(22-15-17-25(38-2)18-16-22)35-31(37)27(39-32(35)33-20)19-23-11-8-10-21-9-6-7-14-26(21)23/h3-19,29H,1-2H3,(H,34,36)/b27-19+/t29-/m0/s1. The van der Waals surface area contributed by atoms with E-state index in [2.05, 4.69) is 23.5 Å². The number of thiazole rings is 1. The van der Waals surface area contributed by atoms with Crippen LogP contribution in [0.5, 0.6) is 5.75 Å². The summed E-state index contributed by atoms with van der Waals surface area (Å²) in [6.45, 7) is 1.82. The number of aromatic nitrogens is 1. The summed E-state index contributed by atoms with van der Waals surface area (Å²) in [5, 5.41) is 5.15. The Morgan fingerprint density at radius 3 is 2.44 bits per heavy atom. The summed E-state index contributed by atoms with van der Waals surface area (Å²) < 4.78 is 7.54. The number of para-hydroxylation sites is 1. The minimum Gasteiger partial charge on any atom is -0.497 e. The van der Waals surface area contributed by atoms with Crippen LogP contribution in [0.15, 0.2) is 118 Å². The smallest absolute Gasteiger partial charge is 0.271 e. The second kappa shape index (κ2) is 10.2. The number of hydrogen-bond donors (Lipinski definition) is 1. The Bertz CT molecular complexity index is 1910. The molecule has 0 unspecified atom stereocenters. The Morgan fingerprint density at radius 1 is 0.949 bits per heavy atom. The first-order valence-corrected chi connectivity index (χ1v) is 13.4. The second-order valence-corrected chi connectivity index (χ2v) is 10.3. The van der Waals surface area contributed by atoms with E-state index in [9.17, 15) is 9.59 Å². The number of anilines is 1. The average Bonchev–Trinajstić information content (AvgIpc) is 3.27. The van der Waals surface area contributed by atoms with Crippen LogP contribution < -0.4 is 24.9 Å². The van der Waals surface area contributed by atoms with Gasteiger partial charge in [0, 0.05) is 5.69 Å². The normalized spacial score (nSPS) is 15.1. The zero-order valence-electron chi connectivity index (χ0n) is 21.4. The minimum absolute atomic E-state index is 0.190. The van der Waals surface area contributed by atoms with Crippen molar-refractivity contribution >= 4 is 39.8 Å². The molecule has 7 heteroatoms. The summed E-state index contributed by atoms with van der Waals surface area (Å²) in [4.78, 5) is 33.0. The van der Waals surface area contributed by atoms with Crippen LogP contribution in [0.4, 0.5) is 5.69 Å². The van der Waals surface area contributed by atoms with Crippen LogP contribution in [0, 0.1) is 0 Å². The number of carbonyl (C=O) groups excluding carboxylic acids is 1. The van der Waals surface area contributed by atoms with Crippen LogP contribution in [-0.4, -0.2) is 17.6 Å². The number of nitrogens with zero attached hydrogens (tertiary/aromatic N) is 2. The van der Waals surface area contributed by atoms with Crippen LogP contribution in [0.25, 0.3) is 16.8 Å². The van der Waals surface area contributed by atoms with Gasteiger partial charge in [0.15, 0.2) is 4.80 Å². The minimum atomic E-state index is -0.648. The summed E-state index contributed by atoms with van der Waals surface area (Å²) in [7, 11) is 1.61. The Labute approximate surface area is 228 Å². The maximum absolute atomic E-state index is 14.0. The van der Waals surface area contributed by atoms with Gasteiger partial charge in [-0.15, -0.1) is 0 Å². The van der Waals surface area contributed by atoms with Crippen molar-refractivity contribution in [2.75, 3.05) is 12.4 Å². The predicted octanol–water partition coefficient (Wildman–Crippen LogP) is 5.04. The molecule has 0 spiro atoms. The van der Waals surface area contributed by atoms with Gasteiger partial charge in [0.1, 0.15) is 5.75 Å². The fraction of sp³-hybridized carbons (Fsp3) is 0.0938. The highest BCUT2D eigenvalue weighted by Crippen LogP contribution is 2.31. The van der Waals surface area contributed by atoms with Crippen LogP contribution in [0.2, 0.25) is 0 Å². The van der Waals surface area contributed by atoms with Crippen LogP contribution in [0.1, 0.15) is 24.1 Å². The van der Waals surface area contributed by atoms with Gasteiger partial charge < -0.3 is 10.1 Å². The maximum atomic E-state index is 14.0. The van der Waals surface area contributed by atoms with Gasteiger partial charge in [-0.25, -0.2) is 4.99 Å². The summed E-state index contributed by atoms with van der Waals surface area (Å²) in [5.74, 6) is 0.393. The van der Waals surface area contributed by atoms with Crippen molar-refractivity contribution in [2.45, 2.75) is 13.0 Å². The summed E-state index contributed by atoms with van der Waals surface area (Å²) in [6.07, 6.45) is 1.92. The number of hydrogen-bond acceptors (Lipinski definition) is 5. The lowest BCUT2D eigenvalue weighted by Crippen LogP contribution is -2.40. The van der Waals surface area contributed by atoms with Crippen molar-refractivity contribution in [3.8, 4) is 5.75 Å². The third-order valence-corrected chi connectivity index (χ3v) is 7.82. The third-order valence-electron chi connectivity index (χ3n) is 6.84. The quantitative estimate of drug-likeness (QED) is 0.346. The monoisotopic (exact) mass is 531 g/mol. The van der Waals surface area contributed by atoms with Crippen molar-refractivity contribution in [3.05, 3.63) is 139 Å². The van der Waals surface area contributed by atoms with Crippen molar-refractivity contribution in [1.82, 2.24) is 4.57 Å². The fourth-order valence-electron chi connectivity index (χ4n) is 4.95. The van der Waals surface area contributed by atoms with E-state index in [4.69, 9.17) is 9.73 Å². The van der Waals surface area contributed by atoms with Gasteiger partial charge in [0.05, 0.1) is 29.0 Å². The largest absolute Gasteiger partial charge is 0.497 e. The van der Waals surface area contributed by atoms with Crippen molar-refractivity contribution in [2.24, 2.45) is 4.99 Å². The fourth-order valence-corrected chi connectivity index (χ4v) is 5.99. The molecule has 192 valence electrons. The van der Waals surface area contributed by atoms with Gasteiger partial charge in [-0.1, -0.05) is 84.1 Å². The van der Waals surface area contributed by atoms with Crippen LogP contribution >= 0.6 is 11.3 Å². The highest BCUT2D eigenvalue weighted by molar-refractivity contribution is 7.07. The lowest BCUT2D eigenvalue weighted by atomic mass is 9.95. The first-order valence-electron chi connectivity index (χ1n) is 12.5. The Balaban J connectivity index is 1.53. The molecule has 6 nitrogen and oxygen atoms in total. The zero-order valence-corrected chi connectivity index (χ0v) is 22.2. The Morgan fingerprint density at radius 2 is 1.67 bits per heavy atom. The van der Waals surface area contributed by atoms with Crippen LogP contribution in [-0.2, 0) is 4.79 Å². The number of fused-ring (bicyclic) bond motifs is 2. The van der Waals surface area contributed by atoms with Gasteiger partial charge in [-0.05, 0) is 59.2 Å². The van der Waals surface area contributed by atoms with Gasteiger partial charge in [-0.3, -0.25) is 14.2 Å². The number of allylic oxidation sites excluding steroid dienone is 1. The van der Waals surface area contributed by atoms with Gasteiger partial charge in [0.2, 0.25) is 0 Å². The van der Waals surface area contributed by atoms with Gasteiger partial charge in [-0.2, -0.15) is 0 Å². The molecule has 5 aromatic rings. The molecule has 0 aliphatic carbocycles. The lowest BCUT2D eigenvalue weighted by Gasteiger charge is -2.25. The number of methoxy groups -OCH3 is 1. The molecular formula is C32H25N3O3S. The molecule has 1 atom stereocenters. The van der Waals surface area contributed by atoms with Gasteiger partial charge >= 0.3 is 0 Å². The molecule has 4 aromatic carbocycles. The predicted molar refractivity (Wildman–Crippen MR) is 156 cm³/mol. The molecule has 39 heavy (non-hydrogen) atoms. The third kappa shape index (κ3) is 4.57. The summed E-state index contributed by atoms with van der Waals surface area (Å²) >= 11 is 1.33. The van der Waals surface area contributed by atoms with E-state index in [1.165, 1.54) is 11.3 Å². The van der Waals surface area contributed by atoms with E-state index < -0.39 is 6.04 Å². The molecule has 1 aromatic heterocycles. The molecule has 0 radical (unpaired) electrons. The van der Waals surface area contributed by atoms with Crippen molar-refractivity contribution in [1.29, 1.82) is 0 Å². The molecule has 1 aliphatic rings. The maximum Gasteiger partial charge on any atom is 0.271 e. The molecule has 0 fully saturated rings. The Kier molecular flexibility index (Phi) is 6.42. The number of nitrogens with one attached hydrogen (secondary N) is 1. The average molecular weight is 532 g/mol. The topological polar surface area (TPSA) is 72.7 Å². The molecule has 0 saturated heterocycles. The highest BCUT2D eigenvalue weighted by Gasteiger charge is 2.32. The number of rotatable bonds is 5. The number of ether oxygens (including phenoxy) is 1. The first-order chi connectivity index (χ1) is 19.0. The summed E-state index contributed by atoms with van der Waals surface area (Å²) in [6, 6.07) is 30.2. The number of amides is 1.